The minimum Gasteiger partial charge on any atom is -0.480 e. The number of para-hydroxylation sites is 1. The Morgan fingerprint density at radius 2 is 1.78 bits per heavy atom. The van der Waals surface area contributed by atoms with E-state index in [0.29, 0.717) is 25.8 Å². The van der Waals surface area contributed by atoms with Crippen LogP contribution in [0.5, 0.6) is 0 Å². The topological polar surface area (TPSA) is 158 Å². The van der Waals surface area contributed by atoms with Crippen LogP contribution >= 0.6 is 0 Å². The second-order valence-corrected chi connectivity index (χ2v) is 9.23. The number of carboxylic acids is 1. The molecule has 0 spiro atoms. The Balaban J connectivity index is 1.43. The van der Waals surface area contributed by atoms with Gasteiger partial charge in [0, 0.05) is 30.1 Å². The molecule has 194 valence electrons. The first-order valence-corrected chi connectivity index (χ1v) is 12.3. The molecule has 0 aliphatic carbocycles. The van der Waals surface area contributed by atoms with Crippen LogP contribution < -0.4 is 16.4 Å². The standard InChI is InChI=1S/C27H31N5O5/c28-20(13-17-7-2-1-3-8-17)25(34)30-16-24(33)31-22(26(35)32-12-6-11-23(32)27(36)37)14-18-15-29-21-10-5-4-9-19(18)21/h1-5,7-10,15,20,22-23,29H,6,11-14,16,28H2,(H,30,34)(H,31,33)(H,36,37). The number of nitrogens with one attached hydrogen (secondary N) is 3. The molecule has 0 saturated carbocycles. The van der Waals surface area contributed by atoms with Gasteiger partial charge in [0.05, 0.1) is 12.6 Å². The van der Waals surface area contributed by atoms with Gasteiger partial charge in [0.15, 0.2) is 0 Å². The number of nitrogens with zero attached hydrogens (tertiary/aromatic N) is 1. The van der Waals surface area contributed by atoms with E-state index >= 15 is 0 Å². The Bertz CT molecular complexity index is 1270. The van der Waals surface area contributed by atoms with E-state index in [1.54, 1.807) is 6.20 Å². The van der Waals surface area contributed by atoms with Gasteiger partial charge in [-0.1, -0.05) is 48.5 Å². The summed E-state index contributed by atoms with van der Waals surface area (Å²) in [5, 5.41) is 15.7. The van der Waals surface area contributed by atoms with Crippen molar-refractivity contribution in [2.45, 2.75) is 43.8 Å². The lowest BCUT2D eigenvalue weighted by Crippen LogP contribution is -2.54. The van der Waals surface area contributed by atoms with Gasteiger partial charge in [0.2, 0.25) is 17.7 Å². The summed E-state index contributed by atoms with van der Waals surface area (Å²) in [5.74, 6) is -2.58. The van der Waals surface area contributed by atoms with Gasteiger partial charge in [0.25, 0.3) is 0 Å². The number of hydrogen-bond donors (Lipinski definition) is 5. The van der Waals surface area contributed by atoms with Gasteiger partial charge < -0.3 is 31.4 Å². The molecule has 4 rings (SSSR count). The largest absolute Gasteiger partial charge is 0.480 e. The number of hydrogen-bond acceptors (Lipinski definition) is 5. The molecule has 3 atom stereocenters. The van der Waals surface area contributed by atoms with Crippen molar-refractivity contribution in [2.24, 2.45) is 5.73 Å². The third kappa shape index (κ3) is 6.34. The first-order chi connectivity index (χ1) is 17.8. The van der Waals surface area contributed by atoms with E-state index in [4.69, 9.17) is 5.73 Å². The summed E-state index contributed by atoms with van der Waals surface area (Å²) in [6, 6.07) is 14.1. The van der Waals surface area contributed by atoms with Gasteiger partial charge in [-0.25, -0.2) is 4.79 Å². The second kappa shape index (κ2) is 11.7. The van der Waals surface area contributed by atoms with E-state index < -0.39 is 41.8 Å². The zero-order valence-electron chi connectivity index (χ0n) is 20.4. The highest BCUT2D eigenvalue weighted by Crippen LogP contribution is 2.22. The van der Waals surface area contributed by atoms with Crippen molar-refractivity contribution in [1.29, 1.82) is 0 Å². The molecule has 3 aromatic rings. The van der Waals surface area contributed by atoms with Crippen LogP contribution in [0.2, 0.25) is 0 Å². The number of benzene rings is 2. The van der Waals surface area contributed by atoms with E-state index in [-0.39, 0.29) is 13.0 Å². The van der Waals surface area contributed by atoms with Gasteiger partial charge in [0.1, 0.15) is 12.1 Å². The number of carbonyl (C=O) groups excluding carboxylic acids is 3. The molecule has 1 saturated heterocycles. The van der Waals surface area contributed by atoms with Crippen molar-refractivity contribution in [2.75, 3.05) is 13.1 Å². The van der Waals surface area contributed by atoms with E-state index in [0.717, 1.165) is 22.0 Å². The number of amides is 3. The summed E-state index contributed by atoms with van der Waals surface area (Å²) < 4.78 is 0. The second-order valence-electron chi connectivity index (χ2n) is 9.23. The molecule has 37 heavy (non-hydrogen) atoms. The molecular weight excluding hydrogens is 474 g/mol. The normalized spacial score (nSPS) is 16.8. The van der Waals surface area contributed by atoms with Gasteiger partial charge in [-0.15, -0.1) is 0 Å². The molecular formula is C27H31N5O5. The first-order valence-electron chi connectivity index (χ1n) is 12.3. The quantitative estimate of drug-likeness (QED) is 0.276. The van der Waals surface area contributed by atoms with Crippen LogP contribution in [-0.4, -0.2) is 69.9 Å². The molecule has 1 aliphatic rings. The summed E-state index contributed by atoms with van der Waals surface area (Å²) in [7, 11) is 0. The zero-order chi connectivity index (χ0) is 26.4. The highest BCUT2D eigenvalue weighted by atomic mass is 16.4. The Morgan fingerprint density at radius 1 is 1.05 bits per heavy atom. The number of fused-ring (bicyclic) bond motifs is 1. The molecule has 1 aliphatic heterocycles. The number of aliphatic carboxylic acids is 1. The van der Waals surface area contributed by atoms with Crippen LogP contribution in [0.3, 0.4) is 0 Å². The highest BCUT2D eigenvalue weighted by Gasteiger charge is 2.38. The Hall–Kier alpha value is -4.18. The van der Waals surface area contributed by atoms with Gasteiger partial charge >= 0.3 is 5.97 Å². The van der Waals surface area contributed by atoms with Crippen LogP contribution in [0.15, 0.2) is 60.8 Å². The summed E-state index contributed by atoms with van der Waals surface area (Å²) >= 11 is 0. The van der Waals surface area contributed by atoms with Gasteiger partial charge in [-0.3, -0.25) is 14.4 Å². The highest BCUT2D eigenvalue weighted by molar-refractivity contribution is 5.93. The van der Waals surface area contributed by atoms with Crippen LogP contribution in [0.4, 0.5) is 0 Å². The number of aromatic nitrogens is 1. The fraction of sp³-hybridized carbons (Fsp3) is 0.333. The molecule has 6 N–H and O–H groups in total. The predicted molar refractivity (Wildman–Crippen MR) is 137 cm³/mol. The number of H-pyrrole nitrogens is 1. The minimum absolute atomic E-state index is 0.166. The van der Waals surface area contributed by atoms with Crippen molar-refractivity contribution in [3.63, 3.8) is 0 Å². The van der Waals surface area contributed by atoms with Gasteiger partial charge in [-0.2, -0.15) is 0 Å². The lowest BCUT2D eigenvalue weighted by molar-refractivity contribution is -0.149. The SMILES string of the molecule is NC(Cc1ccccc1)C(=O)NCC(=O)NC(Cc1c[nH]c2ccccc12)C(=O)N1CCCC1C(=O)O. The minimum atomic E-state index is -1.07. The van der Waals surface area contributed by atoms with Crippen molar-refractivity contribution in [3.8, 4) is 0 Å². The lowest BCUT2D eigenvalue weighted by Gasteiger charge is -2.27. The lowest BCUT2D eigenvalue weighted by atomic mass is 10.0. The summed E-state index contributed by atoms with van der Waals surface area (Å²) in [5.41, 5.74) is 8.59. The van der Waals surface area contributed by atoms with Crippen LogP contribution in [-0.2, 0) is 32.0 Å². The van der Waals surface area contributed by atoms with Crippen LogP contribution in [0.25, 0.3) is 10.9 Å². The number of nitrogens with two attached hydrogens (primary N) is 1. The number of aromatic amines is 1. The third-order valence-corrected chi connectivity index (χ3v) is 6.61. The maximum Gasteiger partial charge on any atom is 0.326 e. The molecule has 10 heteroatoms. The fourth-order valence-corrected chi connectivity index (χ4v) is 4.71. The average molecular weight is 506 g/mol. The van der Waals surface area contributed by atoms with Crippen molar-refractivity contribution < 1.29 is 24.3 Å². The van der Waals surface area contributed by atoms with Crippen molar-refractivity contribution >= 4 is 34.6 Å². The van der Waals surface area contributed by atoms with Gasteiger partial charge in [-0.05, 0) is 36.5 Å². The molecule has 1 aromatic heterocycles. The van der Waals surface area contributed by atoms with E-state index in [2.05, 4.69) is 15.6 Å². The predicted octanol–water partition coefficient (Wildman–Crippen LogP) is 0.957. The zero-order valence-corrected chi connectivity index (χ0v) is 20.4. The molecule has 3 unspecified atom stereocenters. The molecule has 0 bridgehead atoms. The Kier molecular flexibility index (Phi) is 8.19. The van der Waals surface area contributed by atoms with E-state index in [1.165, 1.54) is 4.90 Å². The van der Waals surface area contributed by atoms with E-state index in [9.17, 15) is 24.3 Å². The number of carbonyl (C=O) groups is 4. The molecule has 0 radical (unpaired) electrons. The average Bonchev–Trinajstić information content (AvgIpc) is 3.55. The molecule has 2 heterocycles. The molecule has 10 nitrogen and oxygen atoms in total. The van der Waals surface area contributed by atoms with Crippen molar-refractivity contribution in [3.05, 3.63) is 71.9 Å². The summed E-state index contributed by atoms with van der Waals surface area (Å²) in [6.07, 6.45) is 3.20. The maximum absolute atomic E-state index is 13.4. The third-order valence-electron chi connectivity index (χ3n) is 6.61. The maximum atomic E-state index is 13.4. The molecule has 2 aromatic carbocycles. The smallest absolute Gasteiger partial charge is 0.326 e. The number of carboxylic acid groups (broad SMARTS) is 1. The van der Waals surface area contributed by atoms with Crippen molar-refractivity contribution in [1.82, 2.24) is 20.5 Å². The number of likely N-dealkylation sites (tertiary alicyclic amines) is 1. The Labute approximate surface area is 214 Å². The first kappa shape index (κ1) is 25.9. The van der Waals surface area contributed by atoms with Crippen LogP contribution in [0, 0.1) is 0 Å². The fourth-order valence-electron chi connectivity index (χ4n) is 4.71. The monoisotopic (exact) mass is 505 g/mol. The summed E-state index contributed by atoms with van der Waals surface area (Å²) in [6.45, 7) is -0.0531. The molecule has 3 amide bonds. The molecule has 1 fully saturated rings. The Morgan fingerprint density at radius 3 is 2.54 bits per heavy atom. The van der Waals surface area contributed by atoms with Crippen LogP contribution in [0.1, 0.15) is 24.0 Å². The number of rotatable bonds is 10. The van der Waals surface area contributed by atoms with E-state index in [1.807, 2.05) is 54.6 Å². The summed E-state index contributed by atoms with van der Waals surface area (Å²) in [4.78, 5) is 54.8.